The molecular formula is C18H36N2. The van der Waals surface area contributed by atoms with Crippen LogP contribution in [0.15, 0.2) is 0 Å². The van der Waals surface area contributed by atoms with Crippen LogP contribution in [0, 0.1) is 11.3 Å². The number of hydrogen-bond acceptors (Lipinski definition) is 2. The molecule has 2 nitrogen and oxygen atoms in total. The molecule has 0 bridgehead atoms. The molecular weight excluding hydrogens is 244 g/mol. The molecule has 0 unspecified atom stereocenters. The summed E-state index contributed by atoms with van der Waals surface area (Å²) in [6, 6.07) is 0.833. The van der Waals surface area contributed by atoms with E-state index >= 15 is 0 Å². The van der Waals surface area contributed by atoms with Crippen molar-refractivity contribution in [3.05, 3.63) is 0 Å². The molecule has 2 rings (SSSR count). The Kier molecular flexibility index (Phi) is 6.35. The minimum absolute atomic E-state index is 0.594. The Morgan fingerprint density at radius 3 is 2.30 bits per heavy atom. The minimum atomic E-state index is 0.594. The van der Waals surface area contributed by atoms with Crippen molar-refractivity contribution < 1.29 is 0 Å². The van der Waals surface area contributed by atoms with Crippen LogP contribution >= 0.6 is 0 Å². The van der Waals surface area contributed by atoms with Gasteiger partial charge in [0.1, 0.15) is 0 Å². The second-order valence-electron chi connectivity index (χ2n) is 8.08. The smallest absolute Gasteiger partial charge is 0.0107 e. The van der Waals surface area contributed by atoms with Crippen LogP contribution in [0.4, 0.5) is 0 Å². The number of likely N-dealkylation sites (N-methyl/N-ethyl adjacent to an activating group) is 1. The first-order chi connectivity index (χ1) is 9.57. The standard InChI is InChI=1S/C18H36N2/c1-18(2)11-9-17(10-12-18)20(3)14-13-19-15-16-7-5-4-6-8-16/h16-17,19H,4-15H2,1-3H3. The summed E-state index contributed by atoms with van der Waals surface area (Å²) < 4.78 is 0. The molecule has 0 atom stereocenters. The zero-order chi connectivity index (χ0) is 14.4. The fraction of sp³-hybridized carbons (Fsp3) is 1.00. The number of rotatable bonds is 6. The van der Waals surface area contributed by atoms with Crippen LogP contribution in [-0.4, -0.2) is 37.6 Å². The van der Waals surface area contributed by atoms with Gasteiger partial charge in [0.2, 0.25) is 0 Å². The highest BCUT2D eigenvalue weighted by Crippen LogP contribution is 2.36. The zero-order valence-corrected chi connectivity index (χ0v) is 14.1. The maximum atomic E-state index is 3.70. The van der Waals surface area contributed by atoms with Gasteiger partial charge < -0.3 is 10.2 Å². The Bertz CT molecular complexity index is 259. The molecule has 0 saturated heterocycles. The summed E-state index contributed by atoms with van der Waals surface area (Å²) in [4.78, 5) is 2.60. The van der Waals surface area contributed by atoms with Crippen molar-refractivity contribution >= 4 is 0 Å². The van der Waals surface area contributed by atoms with Gasteiger partial charge >= 0.3 is 0 Å². The fourth-order valence-corrected chi connectivity index (χ4v) is 3.96. The molecule has 0 radical (unpaired) electrons. The molecule has 0 aromatic heterocycles. The summed E-state index contributed by atoms with van der Waals surface area (Å²) in [5, 5.41) is 3.70. The van der Waals surface area contributed by atoms with Crippen molar-refractivity contribution in [2.45, 2.75) is 77.7 Å². The minimum Gasteiger partial charge on any atom is -0.315 e. The van der Waals surface area contributed by atoms with E-state index in [1.165, 1.54) is 77.4 Å². The van der Waals surface area contributed by atoms with Gasteiger partial charge in [-0.2, -0.15) is 0 Å². The lowest BCUT2D eigenvalue weighted by atomic mass is 9.75. The first-order valence-corrected chi connectivity index (χ1v) is 8.98. The van der Waals surface area contributed by atoms with Crippen molar-refractivity contribution in [3.8, 4) is 0 Å². The molecule has 118 valence electrons. The Morgan fingerprint density at radius 1 is 1.00 bits per heavy atom. The summed E-state index contributed by atoms with van der Waals surface area (Å²) in [5.74, 6) is 0.963. The van der Waals surface area contributed by atoms with Crippen LogP contribution in [0.3, 0.4) is 0 Å². The molecule has 2 heteroatoms. The molecule has 0 heterocycles. The molecule has 20 heavy (non-hydrogen) atoms. The predicted molar refractivity (Wildman–Crippen MR) is 88.1 cm³/mol. The van der Waals surface area contributed by atoms with Gasteiger partial charge in [0.15, 0.2) is 0 Å². The van der Waals surface area contributed by atoms with E-state index in [-0.39, 0.29) is 0 Å². The Balaban J connectivity index is 1.55. The molecule has 2 saturated carbocycles. The van der Waals surface area contributed by atoms with E-state index < -0.39 is 0 Å². The highest BCUT2D eigenvalue weighted by Gasteiger charge is 2.28. The highest BCUT2D eigenvalue weighted by atomic mass is 15.1. The molecule has 2 aliphatic rings. The van der Waals surface area contributed by atoms with Gasteiger partial charge in [-0.1, -0.05) is 33.1 Å². The van der Waals surface area contributed by atoms with E-state index in [2.05, 4.69) is 31.1 Å². The molecule has 0 spiro atoms. The van der Waals surface area contributed by atoms with Gasteiger partial charge in [-0.15, -0.1) is 0 Å². The summed E-state index contributed by atoms with van der Waals surface area (Å²) in [5.41, 5.74) is 0.594. The second-order valence-corrected chi connectivity index (χ2v) is 8.08. The van der Waals surface area contributed by atoms with E-state index in [1.54, 1.807) is 0 Å². The predicted octanol–water partition coefficient (Wildman–Crippen LogP) is 4.06. The summed E-state index contributed by atoms with van der Waals surface area (Å²) in [6.45, 7) is 8.50. The van der Waals surface area contributed by atoms with Gasteiger partial charge in [0, 0.05) is 19.1 Å². The Hall–Kier alpha value is -0.0800. The lowest BCUT2D eigenvalue weighted by molar-refractivity contribution is 0.128. The monoisotopic (exact) mass is 280 g/mol. The van der Waals surface area contributed by atoms with E-state index in [0.717, 1.165) is 12.0 Å². The van der Waals surface area contributed by atoms with Crippen LogP contribution in [0.1, 0.15) is 71.6 Å². The van der Waals surface area contributed by atoms with Gasteiger partial charge in [-0.3, -0.25) is 0 Å². The Labute approximate surface area is 126 Å². The SMILES string of the molecule is CN(CCNCC1CCCCC1)C1CCC(C)(C)CC1. The van der Waals surface area contributed by atoms with Crippen LogP contribution in [0.25, 0.3) is 0 Å². The van der Waals surface area contributed by atoms with Gasteiger partial charge in [-0.05, 0) is 63.5 Å². The molecule has 2 aliphatic carbocycles. The molecule has 2 fully saturated rings. The van der Waals surface area contributed by atoms with Crippen molar-refractivity contribution in [1.29, 1.82) is 0 Å². The first-order valence-electron chi connectivity index (χ1n) is 8.98. The van der Waals surface area contributed by atoms with Crippen LogP contribution in [0.5, 0.6) is 0 Å². The Morgan fingerprint density at radius 2 is 1.65 bits per heavy atom. The van der Waals surface area contributed by atoms with Crippen LogP contribution in [0.2, 0.25) is 0 Å². The lowest BCUT2D eigenvalue weighted by Crippen LogP contribution is -2.41. The average molecular weight is 280 g/mol. The third kappa shape index (κ3) is 5.37. The molecule has 0 aliphatic heterocycles. The van der Waals surface area contributed by atoms with Gasteiger partial charge in [0.05, 0.1) is 0 Å². The molecule has 0 aromatic carbocycles. The molecule has 0 amide bonds. The van der Waals surface area contributed by atoms with Crippen LogP contribution < -0.4 is 5.32 Å². The second kappa shape index (κ2) is 7.79. The number of hydrogen-bond donors (Lipinski definition) is 1. The third-order valence-corrected chi connectivity index (χ3v) is 5.73. The lowest BCUT2D eigenvalue weighted by Gasteiger charge is -2.38. The van der Waals surface area contributed by atoms with Crippen molar-refractivity contribution in [3.63, 3.8) is 0 Å². The topological polar surface area (TPSA) is 15.3 Å². The number of nitrogens with one attached hydrogen (secondary N) is 1. The zero-order valence-electron chi connectivity index (χ0n) is 14.1. The maximum absolute atomic E-state index is 3.70. The van der Waals surface area contributed by atoms with E-state index in [1.807, 2.05) is 0 Å². The van der Waals surface area contributed by atoms with Crippen molar-refractivity contribution in [2.75, 3.05) is 26.7 Å². The summed E-state index contributed by atoms with van der Waals surface area (Å²) in [7, 11) is 2.32. The molecule has 0 aromatic rings. The normalized spacial score (nSPS) is 25.2. The average Bonchev–Trinajstić information content (AvgIpc) is 2.44. The van der Waals surface area contributed by atoms with E-state index in [9.17, 15) is 0 Å². The quantitative estimate of drug-likeness (QED) is 0.738. The largest absolute Gasteiger partial charge is 0.315 e. The van der Waals surface area contributed by atoms with Gasteiger partial charge in [0.25, 0.3) is 0 Å². The summed E-state index contributed by atoms with van der Waals surface area (Å²) >= 11 is 0. The third-order valence-electron chi connectivity index (χ3n) is 5.73. The van der Waals surface area contributed by atoms with Crippen molar-refractivity contribution in [2.24, 2.45) is 11.3 Å². The highest BCUT2D eigenvalue weighted by molar-refractivity contribution is 4.83. The number of nitrogens with zero attached hydrogens (tertiary/aromatic N) is 1. The van der Waals surface area contributed by atoms with Crippen LogP contribution in [-0.2, 0) is 0 Å². The van der Waals surface area contributed by atoms with Gasteiger partial charge in [-0.25, -0.2) is 0 Å². The van der Waals surface area contributed by atoms with E-state index in [0.29, 0.717) is 5.41 Å². The van der Waals surface area contributed by atoms with E-state index in [4.69, 9.17) is 0 Å². The van der Waals surface area contributed by atoms with Crippen molar-refractivity contribution in [1.82, 2.24) is 10.2 Å². The summed E-state index contributed by atoms with van der Waals surface area (Å²) in [6.07, 6.45) is 12.9. The maximum Gasteiger partial charge on any atom is 0.0107 e. The fourth-order valence-electron chi connectivity index (χ4n) is 3.96. The first kappa shape index (κ1) is 16.3. The molecule has 1 N–H and O–H groups in total.